The highest BCUT2D eigenvalue weighted by atomic mass is 19.1. The first-order valence-corrected chi connectivity index (χ1v) is 6.59. The van der Waals surface area contributed by atoms with Gasteiger partial charge in [-0.25, -0.2) is 4.39 Å². The summed E-state index contributed by atoms with van der Waals surface area (Å²) in [6.07, 6.45) is 1.03. The number of hydrogen-bond acceptors (Lipinski definition) is 2. The summed E-state index contributed by atoms with van der Waals surface area (Å²) < 4.78 is 19.8. The molecule has 0 aliphatic carbocycles. The van der Waals surface area contributed by atoms with Crippen molar-refractivity contribution in [3.63, 3.8) is 0 Å². The normalized spacial score (nSPS) is 15.1. The fourth-order valence-corrected chi connectivity index (χ4v) is 2.32. The Kier molecular flexibility index (Phi) is 2.81. The van der Waals surface area contributed by atoms with Gasteiger partial charge >= 0.3 is 0 Å². The van der Waals surface area contributed by atoms with Crippen LogP contribution < -0.4 is 0 Å². The van der Waals surface area contributed by atoms with E-state index in [0.29, 0.717) is 16.5 Å². The molecule has 2 heterocycles. The van der Waals surface area contributed by atoms with Gasteiger partial charge in [0.25, 0.3) is 5.91 Å². The van der Waals surface area contributed by atoms with Gasteiger partial charge in [-0.1, -0.05) is 19.9 Å². The standard InChI is InChI=1S/C15H16FNO2/c1-9(2)10-4-5-12-11(14(10)16)8-13(19-12)15(18)17-6-3-7-17/h4-5,8-9H,3,6-7H2,1-2H3. The maximum Gasteiger partial charge on any atom is 0.289 e. The molecule has 0 bridgehead atoms. The van der Waals surface area contributed by atoms with Crippen LogP contribution in [0.25, 0.3) is 11.0 Å². The minimum Gasteiger partial charge on any atom is -0.451 e. The van der Waals surface area contributed by atoms with E-state index in [4.69, 9.17) is 4.42 Å². The number of nitrogens with zero attached hydrogens (tertiary/aromatic N) is 1. The van der Waals surface area contributed by atoms with Gasteiger partial charge in [0.2, 0.25) is 0 Å². The number of carbonyl (C=O) groups is 1. The van der Waals surface area contributed by atoms with Crippen molar-refractivity contribution >= 4 is 16.9 Å². The Morgan fingerprint density at radius 1 is 1.37 bits per heavy atom. The third-order valence-corrected chi connectivity index (χ3v) is 3.64. The third kappa shape index (κ3) is 1.91. The van der Waals surface area contributed by atoms with Gasteiger partial charge in [0, 0.05) is 19.2 Å². The summed E-state index contributed by atoms with van der Waals surface area (Å²) in [5, 5.41) is 0.398. The second-order valence-electron chi connectivity index (χ2n) is 5.29. The smallest absolute Gasteiger partial charge is 0.289 e. The van der Waals surface area contributed by atoms with E-state index >= 15 is 0 Å². The van der Waals surface area contributed by atoms with Crippen molar-refractivity contribution in [3.8, 4) is 0 Å². The molecule has 100 valence electrons. The predicted molar refractivity (Wildman–Crippen MR) is 70.8 cm³/mol. The molecule has 0 radical (unpaired) electrons. The largest absolute Gasteiger partial charge is 0.451 e. The van der Waals surface area contributed by atoms with Gasteiger partial charge in [-0.2, -0.15) is 0 Å². The Balaban J connectivity index is 2.05. The average Bonchev–Trinajstić information content (AvgIpc) is 2.71. The quantitative estimate of drug-likeness (QED) is 0.828. The summed E-state index contributed by atoms with van der Waals surface area (Å²) in [7, 11) is 0. The number of hydrogen-bond donors (Lipinski definition) is 0. The SMILES string of the molecule is CC(C)c1ccc2oc(C(=O)N3CCC3)cc2c1F. The number of rotatable bonds is 2. The first-order valence-electron chi connectivity index (χ1n) is 6.59. The zero-order chi connectivity index (χ0) is 13.6. The second-order valence-corrected chi connectivity index (χ2v) is 5.29. The van der Waals surface area contributed by atoms with Crippen molar-refractivity contribution in [1.82, 2.24) is 4.90 Å². The van der Waals surface area contributed by atoms with Crippen LogP contribution in [0.3, 0.4) is 0 Å². The van der Waals surface area contributed by atoms with E-state index in [1.807, 2.05) is 13.8 Å². The summed E-state index contributed by atoms with van der Waals surface area (Å²) in [5.74, 6) is -0.0878. The van der Waals surface area contributed by atoms with Crippen LogP contribution in [0.15, 0.2) is 22.6 Å². The van der Waals surface area contributed by atoms with Gasteiger partial charge in [-0.3, -0.25) is 4.79 Å². The van der Waals surface area contributed by atoms with E-state index in [9.17, 15) is 9.18 Å². The van der Waals surface area contributed by atoms with Crippen LogP contribution in [0.1, 0.15) is 42.3 Å². The highest BCUT2D eigenvalue weighted by Crippen LogP contribution is 2.29. The second kappa shape index (κ2) is 4.37. The molecule has 1 aliphatic rings. The average molecular weight is 261 g/mol. The van der Waals surface area contributed by atoms with Crippen molar-refractivity contribution in [2.75, 3.05) is 13.1 Å². The molecule has 0 unspecified atom stereocenters. The summed E-state index contributed by atoms with van der Waals surface area (Å²) >= 11 is 0. The van der Waals surface area contributed by atoms with E-state index in [-0.39, 0.29) is 23.4 Å². The molecule has 0 atom stereocenters. The molecular weight excluding hydrogens is 245 g/mol. The molecule has 19 heavy (non-hydrogen) atoms. The van der Waals surface area contributed by atoms with Crippen molar-refractivity contribution < 1.29 is 13.6 Å². The van der Waals surface area contributed by atoms with E-state index in [1.165, 1.54) is 6.07 Å². The summed E-state index contributed by atoms with van der Waals surface area (Å²) in [6.45, 7) is 5.40. The van der Waals surface area contributed by atoms with Crippen LogP contribution in [0.5, 0.6) is 0 Å². The molecule has 0 saturated carbocycles. The summed E-state index contributed by atoms with van der Waals surface area (Å²) in [6, 6.07) is 4.99. The zero-order valence-corrected chi connectivity index (χ0v) is 11.1. The number of amides is 1. The number of halogens is 1. The molecule has 4 heteroatoms. The van der Waals surface area contributed by atoms with E-state index in [2.05, 4.69) is 0 Å². The minimum absolute atomic E-state index is 0.105. The first-order chi connectivity index (χ1) is 9.08. The van der Waals surface area contributed by atoms with Crippen molar-refractivity contribution in [1.29, 1.82) is 0 Å². The number of carbonyl (C=O) groups excluding carboxylic acids is 1. The van der Waals surface area contributed by atoms with Gasteiger partial charge in [0.05, 0.1) is 5.39 Å². The van der Waals surface area contributed by atoms with Gasteiger partial charge in [-0.15, -0.1) is 0 Å². The first kappa shape index (κ1) is 12.2. The van der Waals surface area contributed by atoms with Crippen LogP contribution in [-0.4, -0.2) is 23.9 Å². The topological polar surface area (TPSA) is 33.5 Å². The fourth-order valence-electron chi connectivity index (χ4n) is 2.32. The Bertz CT molecular complexity index is 641. The Morgan fingerprint density at radius 2 is 2.11 bits per heavy atom. The maximum atomic E-state index is 14.3. The lowest BCUT2D eigenvalue weighted by molar-refractivity contribution is 0.0621. The Hall–Kier alpha value is -1.84. The monoisotopic (exact) mass is 261 g/mol. The maximum absolute atomic E-state index is 14.3. The summed E-state index contributed by atoms with van der Waals surface area (Å²) in [4.78, 5) is 13.7. The van der Waals surface area contributed by atoms with Crippen LogP contribution >= 0.6 is 0 Å². The van der Waals surface area contributed by atoms with E-state index in [1.54, 1.807) is 17.0 Å². The lowest BCUT2D eigenvalue weighted by Crippen LogP contribution is -2.41. The van der Waals surface area contributed by atoms with Gasteiger partial charge in [-0.05, 0) is 24.0 Å². The molecule has 0 spiro atoms. The third-order valence-electron chi connectivity index (χ3n) is 3.64. The summed E-state index contributed by atoms with van der Waals surface area (Å²) in [5.41, 5.74) is 1.09. The van der Waals surface area contributed by atoms with Crippen molar-refractivity contribution in [2.24, 2.45) is 0 Å². The number of benzene rings is 1. The van der Waals surface area contributed by atoms with Gasteiger partial charge < -0.3 is 9.32 Å². The number of fused-ring (bicyclic) bond motifs is 1. The van der Waals surface area contributed by atoms with Gasteiger partial charge in [0.1, 0.15) is 11.4 Å². The predicted octanol–water partition coefficient (Wildman–Crippen LogP) is 3.54. The van der Waals surface area contributed by atoms with Crippen LogP contribution in [0.2, 0.25) is 0 Å². The fraction of sp³-hybridized carbons (Fsp3) is 0.400. The Morgan fingerprint density at radius 3 is 2.68 bits per heavy atom. The highest BCUT2D eigenvalue weighted by molar-refractivity contribution is 5.96. The lowest BCUT2D eigenvalue weighted by Gasteiger charge is -2.29. The molecule has 1 aliphatic heterocycles. The number of furan rings is 1. The Labute approximate surface area is 111 Å². The zero-order valence-electron chi connectivity index (χ0n) is 11.1. The number of likely N-dealkylation sites (tertiary alicyclic amines) is 1. The molecule has 2 aromatic rings. The molecule has 3 rings (SSSR count). The van der Waals surface area contributed by atoms with E-state index in [0.717, 1.165) is 19.5 Å². The molecule has 1 saturated heterocycles. The molecule has 1 aromatic heterocycles. The van der Waals surface area contributed by atoms with Crippen molar-refractivity contribution in [2.45, 2.75) is 26.2 Å². The molecule has 1 fully saturated rings. The molecule has 0 N–H and O–H groups in total. The van der Waals surface area contributed by atoms with Gasteiger partial charge in [0.15, 0.2) is 5.76 Å². The highest BCUT2D eigenvalue weighted by Gasteiger charge is 2.25. The molecule has 3 nitrogen and oxygen atoms in total. The van der Waals surface area contributed by atoms with Crippen LogP contribution in [0.4, 0.5) is 4.39 Å². The molecular formula is C15H16FNO2. The molecule has 1 amide bonds. The van der Waals surface area contributed by atoms with Crippen LogP contribution in [-0.2, 0) is 0 Å². The minimum atomic E-state index is -0.279. The van der Waals surface area contributed by atoms with E-state index < -0.39 is 0 Å². The lowest BCUT2D eigenvalue weighted by atomic mass is 10.0. The van der Waals surface area contributed by atoms with Crippen LogP contribution in [0, 0.1) is 5.82 Å². The molecule has 1 aromatic carbocycles. The van der Waals surface area contributed by atoms with Crippen molar-refractivity contribution in [3.05, 3.63) is 35.3 Å².